The number of carbonyl (C=O) groups excluding carboxylic acids is 1. The van der Waals surface area contributed by atoms with E-state index in [0.29, 0.717) is 37.8 Å². The molecule has 1 amide bonds. The van der Waals surface area contributed by atoms with Crippen molar-refractivity contribution in [3.05, 3.63) is 58.9 Å². The lowest BCUT2D eigenvalue weighted by atomic mass is 9.79. The summed E-state index contributed by atoms with van der Waals surface area (Å²) in [5.74, 6) is 1.06. The maximum atomic E-state index is 12.7. The molecule has 1 N–H and O–H groups in total. The van der Waals surface area contributed by atoms with Crippen molar-refractivity contribution in [3.8, 4) is 11.8 Å². The number of nitrogens with one attached hydrogen (secondary N) is 1. The van der Waals surface area contributed by atoms with Crippen LogP contribution in [0.5, 0.6) is 5.75 Å². The van der Waals surface area contributed by atoms with Gasteiger partial charge >= 0.3 is 0 Å². The van der Waals surface area contributed by atoms with Gasteiger partial charge in [0.2, 0.25) is 0 Å². The number of nitriles is 1. The second-order valence-electron chi connectivity index (χ2n) is 8.34. The van der Waals surface area contributed by atoms with Gasteiger partial charge in [-0.3, -0.25) is 9.78 Å². The second-order valence-corrected chi connectivity index (χ2v) is 8.34. The van der Waals surface area contributed by atoms with Crippen molar-refractivity contribution in [1.82, 2.24) is 10.3 Å². The van der Waals surface area contributed by atoms with Gasteiger partial charge in [-0.2, -0.15) is 5.26 Å². The zero-order chi connectivity index (χ0) is 21.7. The summed E-state index contributed by atoms with van der Waals surface area (Å²) in [5, 5.41) is 12.5. The van der Waals surface area contributed by atoms with Gasteiger partial charge in [-0.25, -0.2) is 0 Å². The van der Waals surface area contributed by atoms with E-state index in [0.717, 1.165) is 48.6 Å². The third-order valence-electron chi connectivity index (χ3n) is 5.91. The molecule has 2 aliphatic rings. The van der Waals surface area contributed by atoms with E-state index >= 15 is 0 Å². The van der Waals surface area contributed by atoms with E-state index in [1.54, 1.807) is 18.3 Å². The first-order valence-electron chi connectivity index (χ1n) is 10.6. The summed E-state index contributed by atoms with van der Waals surface area (Å²) in [5.41, 5.74) is 2.31. The van der Waals surface area contributed by atoms with Crippen molar-refractivity contribution in [2.75, 3.05) is 26.4 Å². The summed E-state index contributed by atoms with van der Waals surface area (Å²) in [6.45, 7) is 5.17. The smallest absolute Gasteiger partial charge is 0.251 e. The van der Waals surface area contributed by atoms with Crippen molar-refractivity contribution in [1.29, 1.82) is 5.26 Å². The van der Waals surface area contributed by atoms with E-state index in [9.17, 15) is 10.1 Å². The standard InChI is InChI=1S/C24H27N3O4/c1-24(15-25)16-30-14-19-3-2-18(10-22(19)24)23(28)27-12-20-11-21(4-7-26-20)31-13-17-5-8-29-9-6-17/h2-4,7,10-11,17H,5-6,8-9,12-14,16H2,1H3,(H,27,28)/t24-/m1/s1. The van der Waals surface area contributed by atoms with Crippen LogP contribution in [0, 0.1) is 17.2 Å². The number of hydrogen-bond donors (Lipinski definition) is 1. The zero-order valence-corrected chi connectivity index (χ0v) is 17.7. The molecular weight excluding hydrogens is 394 g/mol. The molecule has 1 atom stereocenters. The summed E-state index contributed by atoms with van der Waals surface area (Å²) < 4.78 is 16.8. The van der Waals surface area contributed by atoms with Crippen LogP contribution in [0.15, 0.2) is 36.5 Å². The van der Waals surface area contributed by atoms with Crippen LogP contribution in [0.4, 0.5) is 0 Å². The Kier molecular flexibility index (Phi) is 6.50. The molecule has 3 heterocycles. The van der Waals surface area contributed by atoms with Crippen LogP contribution in [0.1, 0.15) is 46.9 Å². The van der Waals surface area contributed by atoms with Gasteiger partial charge in [-0.1, -0.05) is 6.07 Å². The Morgan fingerprint density at radius 1 is 1.29 bits per heavy atom. The van der Waals surface area contributed by atoms with Gasteiger partial charge in [0.25, 0.3) is 5.91 Å². The maximum Gasteiger partial charge on any atom is 0.251 e. The highest BCUT2D eigenvalue weighted by Gasteiger charge is 2.33. The minimum Gasteiger partial charge on any atom is -0.493 e. The minimum absolute atomic E-state index is 0.204. The molecule has 0 bridgehead atoms. The number of benzene rings is 1. The van der Waals surface area contributed by atoms with Crippen molar-refractivity contribution in [3.63, 3.8) is 0 Å². The lowest BCUT2D eigenvalue weighted by Crippen LogP contribution is -2.33. The summed E-state index contributed by atoms with van der Waals surface area (Å²) >= 11 is 0. The van der Waals surface area contributed by atoms with Gasteiger partial charge in [0.1, 0.15) is 11.2 Å². The molecule has 2 aliphatic heterocycles. The molecule has 1 aromatic carbocycles. The molecule has 1 fully saturated rings. The average Bonchev–Trinajstić information content (AvgIpc) is 2.82. The maximum absolute atomic E-state index is 12.7. The molecule has 1 saturated heterocycles. The molecular formula is C24H27N3O4. The first kappa shape index (κ1) is 21.3. The van der Waals surface area contributed by atoms with E-state index in [4.69, 9.17) is 14.2 Å². The SMILES string of the molecule is C[C@@]1(C#N)COCc2ccc(C(=O)NCc3cc(OCC4CCOCC4)ccn3)cc21. The molecule has 4 rings (SSSR count). The number of pyridine rings is 1. The van der Waals surface area contributed by atoms with E-state index in [1.807, 2.05) is 25.1 Å². The average molecular weight is 421 g/mol. The molecule has 162 valence electrons. The van der Waals surface area contributed by atoms with Crippen molar-refractivity contribution >= 4 is 5.91 Å². The van der Waals surface area contributed by atoms with Gasteiger partial charge in [0, 0.05) is 31.0 Å². The van der Waals surface area contributed by atoms with E-state index in [1.165, 1.54) is 0 Å². The third kappa shape index (κ3) is 5.04. The Morgan fingerprint density at radius 2 is 2.13 bits per heavy atom. The number of fused-ring (bicyclic) bond motifs is 1. The van der Waals surface area contributed by atoms with Crippen LogP contribution in [0.2, 0.25) is 0 Å². The molecule has 0 spiro atoms. The normalized spacial score (nSPS) is 21.0. The van der Waals surface area contributed by atoms with Crippen LogP contribution >= 0.6 is 0 Å². The number of carbonyl (C=O) groups is 1. The second kappa shape index (κ2) is 9.46. The molecule has 1 aromatic heterocycles. The zero-order valence-electron chi connectivity index (χ0n) is 17.7. The molecule has 31 heavy (non-hydrogen) atoms. The number of aromatic nitrogens is 1. The lowest BCUT2D eigenvalue weighted by molar-refractivity contribution is 0.0497. The highest BCUT2D eigenvalue weighted by atomic mass is 16.5. The number of rotatable bonds is 6. The van der Waals surface area contributed by atoms with Crippen LogP contribution in [-0.4, -0.2) is 37.3 Å². The summed E-state index contributed by atoms with van der Waals surface area (Å²) in [6, 6.07) is 11.4. The fraction of sp³-hybridized carbons (Fsp3) is 0.458. The highest BCUT2D eigenvalue weighted by Crippen LogP contribution is 2.32. The molecule has 2 aromatic rings. The van der Waals surface area contributed by atoms with Gasteiger partial charge in [0.15, 0.2) is 0 Å². The number of hydrogen-bond acceptors (Lipinski definition) is 6. The summed E-state index contributed by atoms with van der Waals surface area (Å²) in [7, 11) is 0. The van der Waals surface area contributed by atoms with E-state index in [-0.39, 0.29) is 5.91 Å². The van der Waals surface area contributed by atoms with Gasteiger partial charge in [0.05, 0.1) is 38.1 Å². The highest BCUT2D eigenvalue weighted by molar-refractivity contribution is 5.94. The minimum atomic E-state index is -0.748. The first-order chi connectivity index (χ1) is 15.1. The summed E-state index contributed by atoms with van der Waals surface area (Å²) in [4.78, 5) is 17.1. The van der Waals surface area contributed by atoms with Crippen LogP contribution in [0.25, 0.3) is 0 Å². The fourth-order valence-electron chi connectivity index (χ4n) is 3.94. The van der Waals surface area contributed by atoms with Crippen LogP contribution in [-0.2, 0) is 28.0 Å². The quantitative estimate of drug-likeness (QED) is 0.770. The predicted octanol–water partition coefficient (Wildman–Crippen LogP) is 3.13. The Morgan fingerprint density at radius 3 is 2.94 bits per heavy atom. The molecule has 0 unspecified atom stereocenters. The number of ether oxygens (including phenoxy) is 3. The van der Waals surface area contributed by atoms with Gasteiger partial charge < -0.3 is 19.5 Å². The van der Waals surface area contributed by atoms with Gasteiger partial charge in [-0.15, -0.1) is 0 Å². The van der Waals surface area contributed by atoms with Crippen LogP contribution < -0.4 is 10.1 Å². The Labute approximate surface area is 182 Å². The number of nitrogens with zero attached hydrogens (tertiary/aromatic N) is 2. The fourth-order valence-corrected chi connectivity index (χ4v) is 3.94. The first-order valence-corrected chi connectivity index (χ1v) is 10.6. The molecule has 7 nitrogen and oxygen atoms in total. The van der Waals surface area contributed by atoms with Crippen molar-refractivity contribution < 1.29 is 19.0 Å². The van der Waals surface area contributed by atoms with Gasteiger partial charge in [-0.05, 0) is 55.0 Å². The van der Waals surface area contributed by atoms with Crippen molar-refractivity contribution in [2.24, 2.45) is 5.92 Å². The number of amides is 1. The predicted molar refractivity (Wildman–Crippen MR) is 114 cm³/mol. The third-order valence-corrected chi connectivity index (χ3v) is 5.91. The van der Waals surface area contributed by atoms with Crippen molar-refractivity contribution in [2.45, 2.75) is 38.3 Å². The Balaban J connectivity index is 1.37. The largest absolute Gasteiger partial charge is 0.493 e. The monoisotopic (exact) mass is 421 g/mol. The van der Waals surface area contributed by atoms with E-state index in [2.05, 4.69) is 16.4 Å². The topological polar surface area (TPSA) is 93.5 Å². The molecule has 7 heteroatoms. The molecule has 0 aliphatic carbocycles. The lowest BCUT2D eigenvalue weighted by Gasteiger charge is -2.30. The van der Waals surface area contributed by atoms with Crippen LogP contribution in [0.3, 0.4) is 0 Å². The van der Waals surface area contributed by atoms with E-state index < -0.39 is 5.41 Å². The molecule has 0 radical (unpaired) electrons. The summed E-state index contributed by atoms with van der Waals surface area (Å²) in [6.07, 6.45) is 3.73. The molecule has 0 saturated carbocycles. The Hall–Kier alpha value is -2.95. The Bertz CT molecular complexity index is 981.